The Balaban J connectivity index is 1.61. The van der Waals surface area contributed by atoms with Crippen molar-refractivity contribution in [2.24, 2.45) is 0 Å². The van der Waals surface area contributed by atoms with Crippen LogP contribution in [0.3, 0.4) is 0 Å². The van der Waals surface area contributed by atoms with Crippen LogP contribution in [-0.4, -0.2) is 30.9 Å². The highest BCUT2D eigenvalue weighted by Crippen LogP contribution is 2.23. The minimum absolute atomic E-state index is 0.272. The summed E-state index contributed by atoms with van der Waals surface area (Å²) in [6.07, 6.45) is 2.39. The number of carbonyl (C=O) groups excluding carboxylic acids is 2. The number of nitrogens with zero attached hydrogens (tertiary/aromatic N) is 1. The van der Waals surface area contributed by atoms with Gasteiger partial charge in [-0.1, -0.05) is 18.2 Å². The molecule has 3 rings (SSSR count). The molecule has 0 saturated carbocycles. The maximum atomic E-state index is 12.4. The Morgan fingerprint density at radius 1 is 1.08 bits per heavy atom. The molecular formula is C20H24N4O2. The average molecular weight is 352 g/mol. The lowest BCUT2D eigenvalue weighted by molar-refractivity contribution is -0.117. The first-order valence-corrected chi connectivity index (χ1v) is 8.86. The van der Waals surface area contributed by atoms with Crippen molar-refractivity contribution in [3.05, 3.63) is 54.1 Å². The smallest absolute Gasteiger partial charge is 0.254 e. The zero-order chi connectivity index (χ0) is 18.5. The fraction of sp³-hybridized carbons (Fsp3) is 0.300. The van der Waals surface area contributed by atoms with Crippen LogP contribution in [0.5, 0.6) is 0 Å². The van der Waals surface area contributed by atoms with Gasteiger partial charge < -0.3 is 21.3 Å². The van der Waals surface area contributed by atoms with Gasteiger partial charge in [0.25, 0.3) is 5.91 Å². The highest BCUT2D eigenvalue weighted by molar-refractivity contribution is 6.03. The van der Waals surface area contributed by atoms with E-state index in [0.717, 1.165) is 24.5 Å². The second kappa shape index (κ2) is 7.91. The minimum atomic E-state index is -0.683. The van der Waals surface area contributed by atoms with E-state index in [1.165, 1.54) is 12.8 Å². The Morgan fingerprint density at radius 3 is 2.54 bits per heavy atom. The van der Waals surface area contributed by atoms with E-state index >= 15 is 0 Å². The molecular weight excluding hydrogens is 328 g/mol. The summed E-state index contributed by atoms with van der Waals surface area (Å²) in [4.78, 5) is 27.0. The molecule has 1 atom stereocenters. The van der Waals surface area contributed by atoms with Gasteiger partial charge in [-0.05, 0) is 50.1 Å². The third-order valence-electron chi connectivity index (χ3n) is 4.53. The topological polar surface area (TPSA) is 87.5 Å². The van der Waals surface area contributed by atoms with Crippen LogP contribution in [0.25, 0.3) is 0 Å². The zero-order valence-electron chi connectivity index (χ0n) is 14.9. The second-order valence-corrected chi connectivity index (χ2v) is 6.52. The number of carbonyl (C=O) groups is 2. The van der Waals surface area contributed by atoms with E-state index in [1.807, 2.05) is 24.3 Å². The van der Waals surface area contributed by atoms with Gasteiger partial charge in [0, 0.05) is 30.2 Å². The highest BCUT2D eigenvalue weighted by atomic mass is 16.2. The predicted molar refractivity (Wildman–Crippen MR) is 104 cm³/mol. The van der Waals surface area contributed by atoms with E-state index in [9.17, 15) is 9.59 Å². The van der Waals surface area contributed by atoms with Gasteiger partial charge in [-0.15, -0.1) is 0 Å². The summed E-state index contributed by atoms with van der Waals surface area (Å²) >= 11 is 0. The lowest BCUT2D eigenvalue weighted by Gasteiger charge is -2.19. The molecule has 6 heteroatoms. The molecule has 0 aromatic heterocycles. The Morgan fingerprint density at radius 2 is 1.81 bits per heavy atom. The number of benzene rings is 2. The molecule has 1 aliphatic heterocycles. The number of nitrogens with one attached hydrogen (secondary N) is 2. The van der Waals surface area contributed by atoms with Gasteiger partial charge in [-0.2, -0.15) is 0 Å². The Labute approximate surface area is 153 Å². The molecule has 26 heavy (non-hydrogen) atoms. The first-order valence-electron chi connectivity index (χ1n) is 8.86. The summed E-state index contributed by atoms with van der Waals surface area (Å²) in [5.74, 6) is -0.636. The van der Waals surface area contributed by atoms with Crippen molar-refractivity contribution < 1.29 is 9.59 Å². The van der Waals surface area contributed by atoms with Gasteiger partial charge in [0.1, 0.15) is 6.04 Å². The summed E-state index contributed by atoms with van der Waals surface area (Å²) in [6, 6.07) is 13.9. The SMILES string of the molecule is CC(NC(=O)c1ccccc1N)C(=O)Nc1cccc(N2CCCC2)c1. The molecule has 1 aliphatic rings. The molecule has 136 valence electrons. The summed E-state index contributed by atoms with van der Waals surface area (Å²) < 4.78 is 0. The number of hydrogen-bond donors (Lipinski definition) is 3. The highest BCUT2D eigenvalue weighted by Gasteiger charge is 2.18. The molecule has 2 aromatic rings. The van der Waals surface area contributed by atoms with Crippen molar-refractivity contribution in [2.45, 2.75) is 25.8 Å². The van der Waals surface area contributed by atoms with E-state index in [-0.39, 0.29) is 11.8 Å². The Hall–Kier alpha value is -3.02. The van der Waals surface area contributed by atoms with Crippen molar-refractivity contribution in [3.63, 3.8) is 0 Å². The summed E-state index contributed by atoms with van der Waals surface area (Å²) in [6.45, 7) is 3.74. The molecule has 1 fully saturated rings. The van der Waals surface area contributed by atoms with Crippen LogP contribution in [0.15, 0.2) is 48.5 Å². The molecule has 1 heterocycles. The van der Waals surface area contributed by atoms with Gasteiger partial charge >= 0.3 is 0 Å². The van der Waals surface area contributed by atoms with Gasteiger partial charge in [-0.25, -0.2) is 0 Å². The number of anilines is 3. The normalized spacial score (nSPS) is 14.7. The number of nitrogens with two attached hydrogens (primary N) is 1. The number of para-hydroxylation sites is 1. The maximum Gasteiger partial charge on any atom is 0.254 e. The van der Waals surface area contributed by atoms with Crippen molar-refractivity contribution >= 4 is 28.9 Å². The van der Waals surface area contributed by atoms with Crippen molar-refractivity contribution in [1.29, 1.82) is 0 Å². The van der Waals surface area contributed by atoms with Gasteiger partial charge in [0.2, 0.25) is 5.91 Å². The van der Waals surface area contributed by atoms with Crippen molar-refractivity contribution in [1.82, 2.24) is 5.32 Å². The Kier molecular flexibility index (Phi) is 5.41. The molecule has 2 aromatic carbocycles. The molecule has 0 bridgehead atoms. The van der Waals surface area contributed by atoms with Gasteiger partial charge in [-0.3, -0.25) is 9.59 Å². The van der Waals surface area contributed by atoms with E-state index in [4.69, 9.17) is 5.73 Å². The fourth-order valence-electron chi connectivity index (χ4n) is 3.05. The monoisotopic (exact) mass is 352 g/mol. The van der Waals surface area contributed by atoms with Crippen LogP contribution in [0.4, 0.5) is 17.1 Å². The quantitative estimate of drug-likeness (QED) is 0.722. The third kappa shape index (κ3) is 4.14. The maximum absolute atomic E-state index is 12.4. The first-order chi connectivity index (χ1) is 12.5. The van der Waals surface area contributed by atoms with Crippen LogP contribution in [0, 0.1) is 0 Å². The van der Waals surface area contributed by atoms with Crippen LogP contribution >= 0.6 is 0 Å². The standard InChI is InChI=1S/C20H24N4O2/c1-14(22-20(26)17-9-2-3-10-18(17)21)19(25)23-15-7-6-8-16(13-15)24-11-4-5-12-24/h2-3,6-10,13-14H,4-5,11-12,21H2,1H3,(H,22,26)(H,23,25). The van der Waals surface area contributed by atoms with Gasteiger partial charge in [0.05, 0.1) is 5.56 Å². The van der Waals surface area contributed by atoms with Crippen molar-refractivity contribution in [2.75, 3.05) is 29.0 Å². The molecule has 0 spiro atoms. The predicted octanol–water partition coefficient (Wildman–Crippen LogP) is 2.63. The molecule has 0 aliphatic carbocycles. The lowest BCUT2D eigenvalue weighted by Crippen LogP contribution is -2.41. The Bertz CT molecular complexity index is 800. The molecule has 2 amide bonds. The van der Waals surface area contributed by atoms with Crippen LogP contribution < -0.4 is 21.3 Å². The van der Waals surface area contributed by atoms with Gasteiger partial charge in [0.15, 0.2) is 0 Å². The lowest BCUT2D eigenvalue weighted by atomic mass is 10.1. The second-order valence-electron chi connectivity index (χ2n) is 6.52. The van der Waals surface area contributed by atoms with Crippen LogP contribution in [0.2, 0.25) is 0 Å². The fourth-order valence-corrected chi connectivity index (χ4v) is 3.05. The number of hydrogen-bond acceptors (Lipinski definition) is 4. The zero-order valence-corrected chi connectivity index (χ0v) is 14.9. The minimum Gasteiger partial charge on any atom is -0.398 e. The third-order valence-corrected chi connectivity index (χ3v) is 4.53. The van der Waals surface area contributed by atoms with E-state index in [0.29, 0.717) is 11.3 Å². The molecule has 1 unspecified atom stereocenters. The van der Waals surface area contributed by atoms with Crippen molar-refractivity contribution in [3.8, 4) is 0 Å². The molecule has 6 nitrogen and oxygen atoms in total. The van der Waals surface area contributed by atoms with E-state index in [2.05, 4.69) is 15.5 Å². The summed E-state index contributed by atoms with van der Waals surface area (Å²) in [7, 11) is 0. The van der Waals surface area contributed by atoms with Crippen LogP contribution in [-0.2, 0) is 4.79 Å². The largest absolute Gasteiger partial charge is 0.398 e. The first kappa shape index (κ1) is 17.8. The molecule has 4 N–H and O–H groups in total. The van der Waals surface area contributed by atoms with Crippen LogP contribution in [0.1, 0.15) is 30.1 Å². The number of rotatable bonds is 5. The number of amides is 2. The van der Waals surface area contributed by atoms with E-state index < -0.39 is 6.04 Å². The molecule has 1 saturated heterocycles. The van der Waals surface area contributed by atoms with E-state index in [1.54, 1.807) is 31.2 Å². The number of nitrogen functional groups attached to an aromatic ring is 1. The summed E-state index contributed by atoms with van der Waals surface area (Å²) in [5, 5.41) is 5.55. The average Bonchev–Trinajstić information content (AvgIpc) is 3.17. The molecule has 0 radical (unpaired) electrons. The summed E-state index contributed by atoms with van der Waals surface area (Å²) in [5.41, 5.74) is 8.38.